The molecule has 0 bridgehead atoms. The summed E-state index contributed by atoms with van der Waals surface area (Å²) in [5, 5.41) is 32.3. The molecule has 2 aromatic carbocycles. The van der Waals surface area contributed by atoms with Gasteiger partial charge in [0.2, 0.25) is 0 Å². The van der Waals surface area contributed by atoms with Crippen molar-refractivity contribution in [2.24, 2.45) is 0 Å². The predicted octanol–water partition coefficient (Wildman–Crippen LogP) is 1.10. The summed E-state index contributed by atoms with van der Waals surface area (Å²) in [4.78, 5) is 23.1. The Labute approximate surface area is 156 Å². The lowest BCUT2D eigenvalue weighted by atomic mass is 10.0. The van der Waals surface area contributed by atoms with Gasteiger partial charge in [-0.05, 0) is 23.3 Å². The maximum atomic E-state index is 12.2. The van der Waals surface area contributed by atoms with E-state index in [1.165, 1.54) is 0 Å². The largest absolute Gasteiger partial charge is 0.480 e. The van der Waals surface area contributed by atoms with E-state index in [4.69, 9.17) is 9.84 Å². The molecule has 1 heterocycles. The third kappa shape index (κ3) is 4.51. The average molecular weight is 371 g/mol. The van der Waals surface area contributed by atoms with Crippen molar-refractivity contribution < 1.29 is 29.6 Å². The molecule has 1 saturated heterocycles. The maximum Gasteiger partial charge on any atom is 0.338 e. The van der Waals surface area contributed by atoms with Gasteiger partial charge in [0.15, 0.2) is 0 Å². The number of hydrogen-bond donors (Lipinski definition) is 4. The molecule has 4 N–H and O–H groups in total. The summed E-state index contributed by atoms with van der Waals surface area (Å²) in [6.45, 7) is -0.254. The van der Waals surface area contributed by atoms with E-state index in [0.717, 1.165) is 5.56 Å². The number of carbonyl (C=O) groups excluding carboxylic acids is 1. The van der Waals surface area contributed by atoms with Gasteiger partial charge < -0.3 is 25.4 Å². The first kappa shape index (κ1) is 19.0. The zero-order valence-corrected chi connectivity index (χ0v) is 14.5. The Kier molecular flexibility index (Phi) is 5.55. The molecule has 0 amide bonds. The Morgan fingerprint density at radius 1 is 1.11 bits per heavy atom. The van der Waals surface area contributed by atoms with Gasteiger partial charge in [0.1, 0.15) is 24.4 Å². The Morgan fingerprint density at radius 2 is 1.74 bits per heavy atom. The van der Waals surface area contributed by atoms with Crippen LogP contribution >= 0.6 is 0 Å². The van der Waals surface area contributed by atoms with Crippen molar-refractivity contribution in [1.82, 2.24) is 5.32 Å². The molecule has 142 valence electrons. The Balaban J connectivity index is 1.59. The predicted molar refractivity (Wildman–Crippen MR) is 96.2 cm³/mol. The first-order valence-electron chi connectivity index (χ1n) is 8.57. The van der Waals surface area contributed by atoms with E-state index in [0.29, 0.717) is 5.56 Å². The molecule has 7 nitrogen and oxygen atoms in total. The van der Waals surface area contributed by atoms with Crippen molar-refractivity contribution in [2.75, 3.05) is 13.2 Å². The molecule has 0 aliphatic carbocycles. The molecular weight excluding hydrogens is 350 g/mol. The van der Waals surface area contributed by atoms with E-state index in [-0.39, 0.29) is 25.1 Å². The van der Waals surface area contributed by atoms with Crippen LogP contribution in [0.2, 0.25) is 0 Å². The van der Waals surface area contributed by atoms with Gasteiger partial charge in [-0.3, -0.25) is 4.79 Å². The van der Waals surface area contributed by atoms with Gasteiger partial charge in [-0.2, -0.15) is 0 Å². The minimum Gasteiger partial charge on any atom is -0.480 e. The Morgan fingerprint density at radius 3 is 2.33 bits per heavy atom. The van der Waals surface area contributed by atoms with Crippen molar-refractivity contribution in [3.8, 4) is 0 Å². The number of aliphatic hydroxyl groups excluding tert-OH is 1. The molecule has 1 aliphatic heterocycles. The lowest BCUT2D eigenvalue weighted by Gasteiger charge is -2.21. The van der Waals surface area contributed by atoms with E-state index >= 15 is 0 Å². The van der Waals surface area contributed by atoms with E-state index in [1.54, 1.807) is 24.3 Å². The van der Waals surface area contributed by atoms with Gasteiger partial charge in [0.05, 0.1) is 5.56 Å². The molecule has 3 rings (SSSR count). The molecule has 27 heavy (non-hydrogen) atoms. The molecule has 0 radical (unpaired) electrons. The summed E-state index contributed by atoms with van der Waals surface area (Å²) in [6, 6.07) is 14.7. The van der Waals surface area contributed by atoms with Gasteiger partial charge in [0.25, 0.3) is 0 Å². The Bertz CT molecular complexity index is 807. The second-order valence-corrected chi connectivity index (χ2v) is 6.71. The van der Waals surface area contributed by atoms with Crippen molar-refractivity contribution in [1.29, 1.82) is 0 Å². The van der Waals surface area contributed by atoms with E-state index in [1.807, 2.05) is 30.3 Å². The standard InChI is InChI=1S/C20H21NO6/c22-17(13-4-2-1-3-5-13)14-6-8-15(9-7-14)19(25)27-12-20(26)10-16(18(23)24)21-11-20/h1-9,16-17,21-22,26H,10-12H2,(H,23,24)/t16-,17?,20+/m0/s1. The summed E-state index contributed by atoms with van der Waals surface area (Å²) in [7, 11) is 0. The molecule has 0 aromatic heterocycles. The molecule has 0 saturated carbocycles. The molecule has 0 spiro atoms. The normalized spacial score (nSPS) is 23.0. The summed E-state index contributed by atoms with van der Waals surface area (Å²) in [5.41, 5.74) is 0.267. The second-order valence-electron chi connectivity index (χ2n) is 6.71. The number of carboxylic acid groups (broad SMARTS) is 1. The van der Waals surface area contributed by atoms with E-state index in [9.17, 15) is 19.8 Å². The summed E-state index contributed by atoms with van der Waals surface area (Å²) >= 11 is 0. The first-order chi connectivity index (χ1) is 12.9. The monoisotopic (exact) mass is 371 g/mol. The summed E-state index contributed by atoms with van der Waals surface area (Å²) in [5.74, 6) is -1.67. The molecule has 2 aromatic rings. The quantitative estimate of drug-likeness (QED) is 0.562. The zero-order chi connectivity index (χ0) is 19.4. The number of esters is 1. The number of nitrogens with one attached hydrogen (secondary N) is 1. The Hall–Kier alpha value is -2.74. The number of benzene rings is 2. The van der Waals surface area contributed by atoms with Crippen LogP contribution in [0.1, 0.15) is 34.0 Å². The molecule has 1 aliphatic rings. The van der Waals surface area contributed by atoms with E-state index in [2.05, 4.69) is 5.32 Å². The van der Waals surface area contributed by atoms with Gasteiger partial charge in [0, 0.05) is 13.0 Å². The third-order valence-corrected chi connectivity index (χ3v) is 4.61. The van der Waals surface area contributed by atoms with Crippen LogP contribution in [0, 0.1) is 0 Å². The summed E-state index contributed by atoms with van der Waals surface area (Å²) < 4.78 is 5.14. The topological polar surface area (TPSA) is 116 Å². The van der Waals surface area contributed by atoms with Crippen molar-refractivity contribution in [2.45, 2.75) is 24.2 Å². The number of carboxylic acids is 1. The minimum atomic E-state index is -1.40. The van der Waals surface area contributed by atoms with Crippen LogP contribution < -0.4 is 5.32 Å². The smallest absolute Gasteiger partial charge is 0.338 e. The second kappa shape index (κ2) is 7.87. The lowest BCUT2D eigenvalue weighted by Crippen LogP contribution is -2.37. The van der Waals surface area contributed by atoms with Crippen LogP contribution in [-0.2, 0) is 9.53 Å². The van der Waals surface area contributed by atoms with Gasteiger partial charge in [-0.15, -0.1) is 0 Å². The van der Waals surface area contributed by atoms with Gasteiger partial charge in [-0.25, -0.2) is 4.79 Å². The van der Waals surface area contributed by atoms with E-state index < -0.39 is 29.7 Å². The highest BCUT2D eigenvalue weighted by Crippen LogP contribution is 2.23. The third-order valence-electron chi connectivity index (χ3n) is 4.61. The number of aliphatic carboxylic acids is 1. The van der Waals surface area contributed by atoms with Crippen LogP contribution in [-0.4, -0.2) is 52.1 Å². The fraction of sp³-hybridized carbons (Fsp3) is 0.300. The molecule has 1 unspecified atom stereocenters. The molecule has 1 fully saturated rings. The van der Waals surface area contributed by atoms with Crippen LogP contribution in [0.5, 0.6) is 0 Å². The highest BCUT2D eigenvalue weighted by atomic mass is 16.5. The molecular formula is C20H21NO6. The highest BCUT2D eigenvalue weighted by Gasteiger charge is 2.41. The van der Waals surface area contributed by atoms with Crippen LogP contribution in [0.15, 0.2) is 54.6 Å². The highest BCUT2D eigenvalue weighted by molar-refractivity contribution is 5.89. The summed E-state index contributed by atoms with van der Waals surface area (Å²) in [6.07, 6.45) is -0.827. The SMILES string of the molecule is O=C(OC[C@]1(O)CN[C@H](C(=O)O)C1)c1ccc(C(O)c2ccccc2)cc1. The number of β-amino-alcohol motifs (C(OH)–C–C–N with tert-alkyl or cyclic N) is 1. The fourth-order valence-electron chi connectivity index (χ4n) is 3.03. The lowest BCUT2D eigenvalue weighted by molar-refractivity contribution is -0.139. The van der Waals surface area contributed by atoms with Crippen LogP contribution in [0.3, 0.4) is 0 Å². The number of carbonyl (C=O) groups is 2. The van der Waals surface area contributed by atoms with Crippen LogP contribution in [0.25, 0.3) is 0 Å². The average Bonchev–Trinajstić information content (AvgIpc) is 3.09. The van der Waals surface area contributed by atoms with Gasteiger partial charge in [-0.1, -0.05) is 42.5 Å². The van der Waals surface area contributed by atoms with Crippen molar-refractivity contribution >= 4 is 11.9 Å². The minimum absolute atomic E-state index is 0.0299. The zero-order valence-electron chi connectivity index (χ0n) is 14.5. The number of ether oxygens (including phenoxy) is 1. The van der Waals surface area contributed by atoms with Crippen LogP contribution in [0.4, 0.5) is 0 Å². The van der Waals surface area contributed by atoms with Gasteiger partial charge >= 0.3 is 11.9 Å². The molecule has 3 atom stereocenters. The number of aliphatic hydroxyl groups is 2. The molecule has 7 heteroatoms. The van der Waals surface area contributed by atoms with Crippen molar-refractivity contribution in [3.63, 3.8) is 0 Å². The van der Waals surface area contributed by atoms with Crippen molar-refractivity contribution in [3.05, 3.63) is 71.3 Å². The number of rotatable bonds is 6. The number of hydrogen-bond acceptors (Lipinski definition) is 6. The maximum absolute atomic E-state index is 12.2. The fourth-order valence-corrected chi connectivity index (χ4v) is 3.03. The first-order valence-corrected chi connectivity index (χ1v) is 8.57.